The summed E-state index contributed by atoms with van der Waals surface area (Å²) in [6.07, 6.45) is -4.54. The minimum absolute atomic E-state index is 0.186. The van der Waals surface area contributed by atoms with E-state index in [0.717, 1.165) is 0 Å². The van der Waals surface area contributed by atoms with E-state index in [1.54, 1.807) is 6.07 Å². The van der Waals surface area contributed by atoms with Crippen LogP contribution in [0.4, 0.5) is 18.9 Å². The molecule has 0 aliphatic carbocycles. The Bertz CT molecular complexity index is 586. The van der Waals surface area contributed by atoms with Crippen molar-refractivity contribution in [3.63, 3.8) is 0 Å². The Kier molecular flexibility index (Phi) is 3.47. The summed E-state index contributed by atoms with van der Waals surface area (Å²) >= 11 is 0.297. The SMILES string of the molecule is COc1ccc(Oc2nnc(C(F)(F)F)s2)c(N)c1. The number of nitrogens with two attached hydrogens (primary N) is 1. The van der Waals surface area contributed by atoms with E-state index in [0.29, 0.717) is 17.1 Å². The molecule has 0 saturated heterocycles. The third-order valence-corrected chi connectivity index (χ3v) is 2.91. The number of ether oxygens (including phenoxy) is 2. The number of alkyl halides is 3. The number of methoxy groups -OCH3 is 1. The monoisotopic (exact) mass is 291 g/mol. The predicted octanol–water partition coefficient (Wildman–Crippen LogP) is 2.94. The Hall–Kier alpha value is -2.03. The number of rotatable bonds is 3. The molecule has 2 rings (SSSR count). The number of halogens is 3. The van der Waals surface area contributed by atoms with Crippen molar-refractivity contribution in [1.29, 1.82) is 0 Å². The molecule has 0 aliphatic rings. The molecule has 2 N–H and O–H groups in total. The zero-order chi connectivity index (χ0) is 14.0. The molecule has 0 spiro atoms. The molecule has 2 aromatic rings. The van der Waals surface area contributed by atoms with Gasteiger partial charge in [-0.05, 0) is 12.1 Å². The van der Waals surface area contributed by atoms with Crippen LogP contribution in [0, 0.1) is 0 Å². The van der Waals surface area contributed by atoms with Gasteiger partial charge in [-0.25, -0.2) is 0 Å². The van der Waals surface area contributed by atoms with E-state index in [2.05, 4.69) is 10.2 Å². The summed E-state index contributed by atoms with van der Waals surface area (Å²) in [6, 6.07) is 4.53. The molecule has 9 heteroatoms. The van der Waals surface area contributed by atoms with Crippen LogP contribution in [0.3, 0.4) is 0 Å². The van der Waals surface area contributed by atoms with Gasteiger partial charge in [0.2, 0.25) is 5.01 Å². The van der Waals surface area contributed by atoms with Crippen molar-refractivity contribution in [3.05, 3.63) is 23.2 Å². The molecular weight excluding hydrogens is 283 g/mol. The van der Waals surface area contributed by atoms with Gasteiger partial charge in [-0.15, -0.1) is 5.10 Å². The van der Waals surface area contributed by atoms with E-state index in [-0.39, 0.29) is 16.6 Å². The van der Waals surface area contributed by atoms with Gasteiger partial charge < -0.3 is 15.2 Å². The average molecular weight is 291 g/mol. The number of nitrogens with zero attached hydrogens (tertiary/aromatic N) is 2. The van der Waals surface area contributed by atoms with Crippen LogP contribution in [-0.4, -0.2) is 17.3 Å². The quantitative estimate of drug-likeness (QED) is 0.880. The van der Waals surface area contributed by atoms with Crippen LogP contribution in [0.2, 0.25) is 0 Å². The number of nitrogen functional groups attached to an aromatic ring is 1. The molecule has 0 atom stereocenters. The van der Waals surface area contributed by atoms with Crippen molar-refractivity contribution in [1.82, 2.24) is 10.2 Å². The van der Waals surface area contributed by atoms with Gasteiger partial charge in [0.1, 0.15) is 5.75 Å². The number of anilines is 1. The lowest BCUT2D eigenvalue weighted by Gasteiger charge is -2.06. The Morgan fingerprint density at radius 1 is 1.26 bits per heavy atom. The first-order valence-corrected chi connectivity index (χ1v) is 5.74. The molecule has 0 fully saturated rings. The highest BCUT2D eigenvalue weighted by Crippen LogP contribution is 2.37. The minimum Gasteiger partial charge on any atom is -0.497 e. The van der Waals surface area contributed by atoms with E-state index < -0.39 is 11.2 Å². The lowest BCUT2D eigenvalue weighted by Crippen LogP contribution is -2.03. The normalized spacial score (nSPS) is 11.4. The molecule has 19 heavy (non-hydrogen) atoms. The lowest BCUT2D eigenvalue weighted by atomic mass is 10.3. The van der Waals surface area contributed by atoms with Crippen molar-refractivity contribution in [3.8, 4) is 16.7 Å². The molecule has 102 valence electrons. The fourth-order valence-corrected chi connectivity index (χ4v) is 1.78. The minimum atomic E-state index is -4.54. The Morgan fingerprint density at radius 3 is 2.53 bits per heavy atom. The zero-order valence-corrected chi connectivity index (χ0v) is 10.4. The molecule has 5 nitrogen and oxygen atoms in total. The highest BCUT2D eigenvalue weighted by Gasteiger charge is 2.36. The third-order valence-electron chi connectivity index (χ3n) is 2.06. The first-order chi connectivity index (χ1) is 8.90. The fraction of sp³-hybridized carbons (Fsp3) is 0.200. The molecule has 0 saturated carbocycles. The second-order valence-corrected chi connectivity index (χ2v) is 4.32. The van der Waals surface area contributed by atoms with Gasteiger partial charge in [0.05, 0.1) is 12.8 Å². The van der Waals surface area contributed by atoms with Crippen LogP contribution in [0.25, 0.3) is 0 Å². The Balaban J connectivity index is 2.20. The molecule has 0 aliphatic heterocycles. The van der Waals surface area contributed by atoms with Crippen LogP contribution in [0.15, 0.2) is 18.2 Å². The summed E-state index contributed by atoms with van der Waals surface area (Å²) in [7, 11) is 1.47. The van der Waals surface area contributed by atoms with Crippen molar-refractivity contribution in [2.45, 2.75) is 6.18 Å². The van der Waals surface area contributed by atoms with Crippen LogP contribution in [0.1, 0.15) is 5.01 Å². The molecule has 1 heterocycles. The van der Waals surface area contributed by atoms with Crippen molar-refractivity contribution in [2.75, 3.05) is 12.8 Å². The maximum Gasteiger partial charge on any atom is 0.445 e. The van der Waals surface area contributed by atoms with Gasteiger partial charge in [-0.3, -0.25) is 0 Å². The standard InChI is InChI=1S/C10H8F3N3O2S/c1-17-5-2-3-7(6(14)4-5)18-9-16-15-8(19-9)10(11,12)13/h2-4H,14H2,1H3. The van der Waals surface area contributed by atoms with E-state index in [9.17, 15) is 13.2 Å². The van der Waals surface area contributed by atoms with Crippen LogP contribution in [-0.2, 0) is 6.18 Å². The number of benzene rings is 1. The summed E-state index contributed by atoms with van der Waals surface area (Å²) in [6.45, 7) is 0. The number of aromatic nitrogens is 2. The van der Waals surface area contributed by atoms with E-state index in [4.69, 9.17) is 15.2 Å². The van der Waals surface area contributed by atoms with Gasteiger partial charge in [0.15, 0.2) is 5.75 Å². The molecule has 1 aromatic heterocycles. The van der Waals surface area contributed by atoms with Gasteiger partial charge >= 0.3 is 6.18 Å². The first-order valence-electron chi connectivity index (χ1n) is 4.92. The third kappa shape index (κ3) is 3.05. The summed E-state index contributed by atoms with van der Waals surface area (Å²) < 4.78 is 47.1. The number of hydrogen-bond acceptors (Lipinski definition) is 6. The Labute approximate surface area is 109 Å². The molecule has 1 aromatic carbocycles. The highest BCUT2D eigenvalue weighted by atomic mass is 32.1. The molecule has 0 bridgehead atoms. The van der Waals surface area contributed by atoms with E-state index in [1.807, 2.05) is 0 Å². The smallest absolute Gasteiger partial charge is 0.445 e. The van der Waals surface area contributed by atoms with Crippen molar-refractivity contribution >= 4 is 17.0 Å². The topological polar surface area (TPSA) is 70.3 Å². The maximum absolute atomic E-state index is 12.3. The summed E-state index contributed by atoms with van der Waals surface area (Å²) in [4.78, 5) is 0. The summed E-state index contributed by atoms with van der Waals surface area (Å²) in [5, 5.41) is 4.99. The lowest BCUT2D eigenvalue weighted by molar-refractivity contribution is -0.138. The maximum atomic E-state index is 12.3. The summed E-state index contributed by atoms with van der Waals surface area (Å²) in [5.41, 5.74) is 5.89. The van der Waals surface area contributed by atoms with Crippen LogP contribution in [0.5, 0.6) is 16.7 Å². The molecule has 0 amide bonds. The van der Waals surface area contributed by atoms with Gasteiger partial charge in [-0.2, -0.15) is 13.2 Å². The van der Waals surface area contributed by atoms with Crippen LogP contribution < -0.4 is 15.2 Å². The van der Waals surface area contributed by atoms with E-state index >= 15 is 0 Å². The molecule has 0 radical (unpaired) electrons. The van der Waals surface area contributed by atoms with Crippen LogP contribution >= 0.6 is 11.3 Å². The second kappa shape index (κ2) is 4.92. The van der Waals surface area contributed by atoms with Crippen molar-refractivity contribution < 1.29 is 22.6 Å². The zero-order valence-electron chi connectivity index (χ0n) is 9.56. The van der Waals surface area contributed by atoms with E-state index in [1.165, 1.54) is 19.2 Å². The molecule has 0 unspecified atom stereocenters. The fourth-order valence-electron chi connectivity index (χ4n) is 1.21. The van der Waals surface area contributed by atoms with Gasteiger partial charge in [0.25, 0.3) is 5.19 Å². The average Bonchev–Trinajstić information content (AvgIpc) is 2.80. The second-order valence-electron chi connectivity index (χ2n) is 3.38. The predicted molar refractivity (Wildman–Crippen MR) is 62.4 cm³/mol. The highest BCUT2D eigenvalue weighted by molar-refractivity contribution is 7.13. The van der Waals surface area contributed by atoms with Gasteiger partial charge in [-0.1, -0.05) is 16.4 Å². The number of hydrogen-bond donors (Lipinski definition) is 1. The summed E-state index contributed by atoms with van der Waals surface area (Å²) in [5.74, 6) is 0.698. The largest absolute Gasteiger partial charge is 0.497 e. The van der Waals surface area contributed by atoms with Gasteiger partial charge in [0, 0.05) is 6.07 Å². The Morgan fingerprint density at radius 2 is 2.00 bits per heavy atom. The molecular formula is C10H8F3N3O2S. The van der Waals surface area contributed by atoms with Crippen molar-refractivity contribution in [2.24, 2.45) is 0 Å². The first kappa shape index (κ1) is 13.4.